The Kier molecular flexibility index (Phi) is 5.35. The van der Waals surface area contributed by atoms with E-state index in [0.29, 0.717) is 23.7 Å². The van der Waals surface area contributed by atoms with Crippen LogP contribution in [-0.4, -0.2) is 22.1 Å². The first kappa shape index (κ1) is 16.0. The van der Waals surface area contributed by atoms with Gasteiger partial charge in [0.2, 0.25) is 10.0 Å². The third kappa shape index (κ3) is 4.04. The van der Waals surface area contributed by atoms with Gasteiger partial charge in [-0.05, 0) is 35.1 Å². The van der Waals surface area contributed by atoms with Crippen LogP contribution in [0.4, 0.5) is 0 Å². The zero-order valence-corrected chi connectivity index (χ0v) is 13.3. The largest absolute Gasteiger partial charge is 0.496 e. The van der Waals surface area contributed by atoms with E-state index < -0.39 is 10.0 Å². The van der Waals surface area contributed by atoms with Gasteiger partial charge in [-0.3, -0.25) is 0 Å². The molecule has 0 saturated heterocycles. The summed E-state index contributed by atoms with van der Waals surface area (Å²) in [4.78, 5) is 0. The van der Waals surface area contributed by atoms with Crippen LogP contribution < -0.4 is 15.2 Å². The van der Waals surface area contributed by atoms with Crippen LogP contribution in [0.3, 0.4) is 0 Å². The molecule has 1 heterocycles. The molecule has 1 aromatic carbocycles. The maximum absolute atomic E-state index is 12.1. The molecular formula is C14H18N2O3S2. The minimum atomic E-state index is -3.47. The van der Waals surface area contributed by atoms with E-state index >= 15 is 0 Å². The van der Waals surface area contributed by atoms with E-state index in [2.05, 4.69) is 4.72 Å². The third-order valence-electron chi connectivity index (χ3n) is 3.01. The molecule has 5 nitrogen and oxygen atoms in total. The first-order chi connectivity index (χ1) is 10.1. The SMILES string of the molecule is COc1ccccc1CCNS(=O)(=O)c1cc(CN)cs1. The number of ether oxygens (including phenoxy) is 1. The number of hydrogen-bond acceptors (Lipinski definition) is 5. The first-order valence-corrected chi connectivity index (χ1v) is 8.82. The van der Waals surface area contributed by atoms with Crippen molar-refractivity contribution in [3.63, 3.8) is 0 Å². The maximum atomic E-state index is 12.1. The molecule has 2 rings (SSSR count). The van der Waals surface area contributed by atoms with Crippen LogP contribution in [0.2, 0.25) is 0 Å². The van der Waals surface area contributed by atoms with Crippen LogP contribution in [0.15, 0.2) is 39.9 Å². The molecule has 0 bridgehead atoms. The second-order valence-electron chi connectivity index (χ2n) is 4.44. The van der Waals surface area contributed by atoms with Gasteiger partial charge in [0.1, 0.15) is 9.96 Å². The Morgan fingerprint density at radius 2 is 2.10 bits per heavy atom. The smallest absolute Gasteiger partial charge is 0.250 e. The van der Waals surface area contributed by atoms with E-state index in [-0.39, 0.29) is 0 Å². The fourth-order valence-electron chi connectivity index (χ4n) is 1.90. The average Bonchev–Trinajstić information content (AvgIpc) is 2.97. The van der Waals surface area contributed by atoms with Crippen LogP contribution in [0.25, 0.3) is 0 Å². The van der Waals surface area contributed by atoms with Gasteiger partial charge in [0.05, 0.1) is 7.11 Å². The average molecular weight is 326 g/mol. The summed E-state index contributed by atoms with van der Waals surface area (Å²) >= 11 is 1.18. The van der Waals surface area contributed by atoms with E-state index in [4.69, 9.17) is 10.5 Å². The molecule has 0 aliphatic heterocycles. The summed E-state index contributed by atoms with van der Waals surface area (Å²) < 4.78 is 32.4. The lowest BCUT2D eigenvalue weighted by molar-refractivity contribution is 0.409. The Bertz CT molecular complexity index is 696. The molecule has 7 heteroatoms. The summed E-state index contributed by atoms with van der Waals surface area (Å²) in [6, 6.07) is 9.17. The molecule has 2 aromatic rings. The van der Waals surface area contributed by atoms with E-state index in [1.807, 2.05) is 24.3 Å². The van der Waals surface area contributed by atoms with Crippen molar-refractivity contribution in [3.05, 3.63) is 46.8 Å². The normalized spacial score (nSPS) is 11.5. The monoisotopic (exact) mass is 326 g/mol. The van der Waals surface area contributed by atoms with Crippen molar-refractivity contribution >= 4 is 21.4 Å². The summed E-state index contributed by atoms with van der Waals surface area (Å²) in [5.41, 5.74) is 7.29. The minimum Gasteiger partial charge on any atom is -0.496 e. The second kappa shape index (κ2) is 7.04. The lowest BCUT2D eigenvalue weighted by Gasteiger charge is -2.08. The third-order valence-corrected chi connectivity index (χ3v) is 5.96. The lowest BCUT2D eigenvalue weighted by atomic mass is 10.1. The van der Waals surface area contributed by atoms with Crippen molar-refractivity contribution in [2.75, 3.05) is 13.7 Å². The summed E-state index contributed by atoms with van der Waals surface area (Å²) in [6.07, 6.45) is 0.568. The number of hydrogen-bond donors (Lipinski definition) is 2. The highest BCUT2D eigenvalue weighted by Gasteiger charge is 2.16. The fraction of sp³-hybridized carbons (Fsp3) is 0.286. The number of nitrogens with one attached hydrogen (secondary N) is 1. The minimum absolute atomic E-state index is 0.294. The molecule has 0 saturated carbocycles. The molecule has 0 atom stereocenters. The Morgan fingerprint density at radius 1 is 1.33 bits per heavy atom. The summed E-state index contributed by atoms with van der Waals surface area (Å²) in [5, 5.41) is 1.76. The number of nitrogens with two attached hydrogens (primary N) is 1. The summed E-state index contributed by atoms with van der Waals surface area (Å²) in [6.45, 7) is 0.659. The van der Waals surface area contributed by atoms with Crippen LogP contribution >= 0.6 is 11.3 Å². The van der Waals surface area contributed by atoms with E-state index in [9.17, 15) is 8.42 Å². The topological polar surface area (TPSA) is 81.4 Å². The molecule has 0 aliphatic rings. The lowest BCUT2D eigenvalue weighted by Crippen LogP contribution is -2.25. The number of methoxy groups -OCH3 is 1. The standard InChI is InChI=1S/C14H18N2O3S2/c1-19-13-5-3-2-4-12(13)6-7-16-21(17,18)14-8-11(9-15)10-20-14/h2-5,8,10,16H,6-7,9,15H2,1H3. The Morgan fingerprint density at radius 3 is 2.76 bits per heavy atom. The quantitative estimate of drug-likeness (QED) is 0.812. The number of benzene rings is 1. The van der Waals surface area contributed by atoms with Gasteiger partial charge in [-0.1, -0.05) is 18.2 Å². The molecule has 21 heavy (non-hydrogen) atoms. The Balaban J connectivity index is 1.99. The van der Waals surface area contributed by atoms with Crippen molar-refractivity contribution in [1.82, 2.24) is 4.72 Å². The predicted octanol–water partition coefficient (Wildman–Crippen LogP) is 1.74. The zero-order valence-electron chi connectivity index (χ0n) is 11.7. The number of sulfonamides is 1. The van der Waals surface area contributed by atoms with Gasteiger partial charge in [0.15, 0.2) is 0 Å². The van der Waals surface area contributed by atoms with E-state index in [1.165, 1.54) is 11.3 Å². The summed E-state index contributed by atoms with van der Waals surface area (Å²) in [7, 11) is -1.87. The molecule has 0 amide bonds. The van der Waals surface area contributed by atoms with Gasteiger partial charge in [-0.2, -0.15) is 0 Å². The molecule has 0 unspecified atom stereocenters. The summed E-state index contributed by atoms with van der Waals surface area (Å²) in [5.74, 6) is 0.762. The molecule has 0 radical (unpaired) electrons. The highest BCUT2D eigenvalue weighted by atomic mass is 32.2. The van der Waals surface area contributed by atoms with Crippen molar-refractivity contribution in [2.45, 2.75) is 17.2 Å². The molecule has 114 valence electrons. The van der Waals surface area contributed by atoms with Crippen LogP contribution in [0, 0.1) is 0 Å². The highest BCUT2D eigenvalue weighted by molar-refractivity contribution is 7.91. The predicted molar refractivity (Wildman–Crippen MR) is 84.1 cm³/mol. The number of para-hydroxylation sites is 1. The molecule has 0 fully saturated rings. The van der Waals surface area contributed by atoms with Gasteiger partial charge < -0.3 is 10.5 Å². The van der Waals surface area contributed by atoms with Crippen LogP contribution in [-0.2, 0) is 23.0 Å². The zero-order chi connectivity index (χ0) is 15.3. The molecular weight excluding hydrogens is 308 g/mol. The van der Waals surface area contributed by atoms with Crippen molar-refractivity contribution in [2.24, 2.45) is 5.73 Å². The highest BCUT2D eigenvalue weighted by Crippen LogP contribution is 2.20. The van der Waals surface area contributed by atoms with Crippen molar-refractivity contribution in [3.8, 4) is 5.75 Å². The van der Waals surface area contributed by atoms with Gasteiger partial charge in [-0.15, -0.1) is 11.3 Å². The van der Waals surface area contributed by atoms with E-state index in [1.54, 1.807) is 18.6 Å². The Labute approximate surface area is 128 Å². The van der Waals surface area contributed by atoms with Gasteiger partial charge in [0, 0.05) is 13.1 Å². The van der Waals surface area contributed by atoms with Crippen molar-refractivity contribution in [1.29, 1.82) is 0 Å². The van der Waals surface area contributed by atoms with Crippen molar-refractivity contribution < 1.29 is 13.2 Å². The molecule has 0 aliphatic carbocycles. The van der Waals surface area contributed by atoms with Crippen LogP contribution in [0.5, 0.6) is 5.75 Å². The van der Waals surface area contributed by atoms with E-state index in [0.717, 1.165) is 16.9 Å². The number of thiophene rings is 1. The van der Waals surface area contributed by atoms with Gasteiger partial charge in [-0.25, -0.2) is 13.1 Å². The van der Waals surface area contributed by atoms with Crippen LogP contribution in [0.1, 0.15) is 11.1 Å². The Hall–Kier alpha value is -1.41. The first-order valence-electron chi connectivity index (χ1n) is 6.46. The fourth-order valence-corrected chi connectivity index (χ4v) is 4.20. The molecule has 0 spiro atoms. The molecule has 3 N–H and O–H groups in total. The van der Waals surface area contributed by atoms with Gasteiger partial charge >= 0.3 is 0 Å². The number of rotatable bonds is 7. The van der Waals surface area contributed by atoms with Gasteiger partial charge in [0.25, 0.3) is 0 Å². The molecule has 1 aromatic heterocycles. The maximum Gasteiger partial charge on any atom is 0.250 e. The second-order valence-corrected chi connectivity index (χ2v) is 7.34.